The van der Waals surface area contributed by atoms with Crippen LogP contribution < -0.4 is 11.1 Å². The van der Waals surface area contributed by atoms with E-state index in [4.69, 9.17) is 17.3 Å². The Balaban J connectivity index is 2.58. The molecule has 100 valence electrons. The van der Waals surface area contributed by atoms with Crippen LogP contribution in [0.5, 0.6) is 0 Å². The number of aryl methyl sites for hydroxylation is 1. The van der Waals surface area contributed by atoms with E-state index in [1.54, 1.807) is 6.07 Å². The van der Waals surface area contributed by atoms with Crippen molar-refractivity contribution in [1.82, 2.24) is 0 Å². The number of rotatable bonds is 6. The predicted octanol–water partition coefficient (Wildman–Crippen LogP) is 3.35. The Kier molecular flexibility index (Phi) is 6.16. The van der Waals surface area contributed by atoms with Crippen molar-refractivity contribution in [1.29, 1.82) is 0 Å². The summed E-state index contributed by atoms with van der Waals surface area (Å²) in [5.74, 6) is 0.284. The second-order valence-corrected chi connectivity index (χ2v) is 5.04. The summed E-state index contributed by atoms with van der Waals surface area (Å²) in [6, 6.07) is 5.44. The fraction of sp³-hybridized carbons (Fsp3) is 0.500. The first-order chi connectivity index (χ1) is 8.56. The summed E-state index contributed by atoms with van der Waals surface area (Å²) >= 11 is 5.87. The largest absolute Gasteiger partial charge is 0.330 e. The second-order valence-electron chi connectivity index (χ2n) is 4.60. The smallest absolute Gasteiger partial charge is 0.224 e. The third-order valence-corrected chi connectivity index (χ3v) is 3.20. The van der Waals surface area contributed by atoms with Gasteiger partial charge in [0.1, 0.15) is 0 Å². The highest BCUT2D eigenvalue weighted by atomic mass is 35.5. The van der Waals surface area contributed by atoms with E-state index in [2.05, 4.69) is 12.2 Å². The summed E-state index contributed by atoms with van der Waals surface area (Å²) in [5.41, 5.74) is 7.44. The van der Waals surface area contributed by atoms with Crippen molar-refractivity contribution < 1.29 is 4.79 Å². The van der Waals surface area contributed by atoms with Gasteiger partial charge in [0.05, 0.1) is 0 Å². The number of halogens is 1. The highest BCUT2D eigenvalue weighted by Gasteiger charge is 2.12. The number of anilines is 1. The van der Waals surface area contributed by atoms with Crippen LogP contribution in [0, 0.1) is 12.8 Å². The minimum atomic E-state index is 0.0179. The van der Waals surface area contributed by atoms with Gasteiger partial charge in [0.15, 0.2) is 0 Å². The predicted molar refractivity (Wildman–Crippen MR) is 76.9 cm³/mol. The summed E-state index contributed by atoms with van der Waals surface area (Å²) in [6.45, 7) is 4.58. The quantitative estimate of drug-likeness (QED) is 0.831. The van der Waals surface area contributed by atoms with Crippen LogP contribution in [0.1, 0.15) is 31.7 Å². The van der Waals surface area contributed by atoms with E-state index in [1.165, 1.54) is 0 Å². The van der Waals surface area contributed by atoms with Gasteiger partial charge in [-0.3, -0.25) is 4.79 Å². The van der Waals surface area contributed by atoms with Crippen LogP contribution in [0.4, 0.5) is 5.69 Å². The Morgan fingerprint density at radius 2 is 2.22 bits per heavy atom. The van der Waals surface area contributed by atoms with Gasteiger partial charge in [-0.2, -0.15) is 0 Å². The van der Waals surface area contributed by atoms with Crippen molar-refractivity contribution in [2.24, 2.45) is 11.7 Å². The summed E-state index contributed by atoms with van der Waals surface area (Å²) in [4.78, 5) is 11.9. The number of carbonyl (C=O) groups excluding carboxylic acids is 1. The summed E-state index contributed by atoms with van der Waals surface area (Å²) in [6.07, 6.45) is 2.52. The third kappa shape index (κ3) is 4.67. The molecule has 18 heavy (non-hydrogen) atoms. The Hall–Kier alpha value is -1.06. The lowest BCUT2D eigenvalue weighted by molar-refractivity contribution is -0.117. The molecule has 0 aliphatic heterocycles. The molecule has 0 aliphatic rings. The van der Waals surface area contributed by atoms with Gasteiger partial charge in [-0.1, -0.05) is 24.9 Å². The lowest BCUT2D eigenvalue weighted by atomic mass is 9.99. The maximum atomic E-state index is 11.9. The fourth-order valence-corrected chi connectivity index (χ4v) is 2.17. The van der Waals surface area contributed by atoms with Gasteiger partial charge >= 0.3 is 0 Å². The second kappa shape index (κ2) is 7.39. The first-order valence-electron chi connectivity index (χ1n) is 6.32. The van der Waals surface area contributed by atoms with E-state index in [0.29, 0.717) is 18.0 Å². The molecular formula is C14H21ClN2O. The van der Waals surface area contributed by atoms with E-state index in [0.717, 1.165) is 24.1 Å². The molecule has 0 saturated heterocycles. The van der Waals surface area contributed by atoms with Gasteiger partial charge in [-0.15, -0.1) is 0 Å². The van der Waals surface area contributed by atoms with Crippen molar-refractivity contribution in [2.45, 2.75) is 33.1 Å². The molecule has 1 unspecified atom stereocenters. The standard InChI is InChI=1S/C14H21ClN2O/c1-3-4-11(9-16)8-14(18)17-13-6-5-12(15)7-10(13)2/h5-7,11H,3-4,8-9,16H2,1-2H3,(H,17,18). The van der Waals surface area contributed by atoms with Crippen molar-refractivity contribution >= 4 is 23.2 Å². The molecule has 0 saturated carbocycles. The van der Waals surface area contributed by atoms with Crippen molar-refractivity contribution in [3.05, 3.63) is 28.8 Å². The Morgan fingerprint density at radius 3 is 2.78 bits per heavy atom. The molecule has 0 heterocycles. The topological polar surface area (TPSA) is 55.1 Å². The SMILES string of the molecule is CCCC(CN)CC(=O)Nc1ccc(Cl)cc1C. The van der Waals surface area contributed by atoms with E-state index in [-0.39, 0.29) is 11.8 Å². The van der Waals surface area contributed by atoms with Crippen molar-refractivity contribution in [3.63, 3.8) is 0 Å². The van der Waals surface area contributed by atoms with Crippen LogP contribution >= 0.6 is 11.6 Å². The first kappa shape index (κ1) is 15.0. The zero-order chi connectivity index (χ0) is 13.5. The lowest BCUT2D eigenvalue weighted by Crippen LogP contribution is -2.22. The highest BCUT2D eigenvalue weighted by molar-refractivity contribution is 6.30. The molecular weight excluding hydrogens is 248 g/mol. The molecule has 0 bridgehead atoms. The molecule has 0 aliphatic carbocycles. The number of carbonyl (C=O) groups is 1. The van der Waals surface area contributed by atoms with Crippen LogP contribution in [0.3, 0.4) is 0 Å². The monoisotopic (exact) mass is 268 g/mol. The van der Waals surface area contributed by atoms with Gasteiger partial charge < -0.3 is 11.1 Å². The number of nitrogens with one attached hydrogen (secondary N) is 1. The number of hydrogen-bond acceptors (Lipinski definition) is 2. The highest BCUT2D eigenvalue weighted by Crippen LogP contribution is 2.20. The molecule has 0 fully saturated rings. The van der Waals surface area contributed by atoms with Gasteiger partial charge in [0.25, 0.3) is 0 Å². The average molecular weight is 269 g/mol. The zero-order valence-electron chi connectivity index (χ0n) is 11.0. The Labute approximate surface area is 114 Å². The lowest BCUT2D eigenvalue weighted by Gasteiger charge is -2.14. The van der Waals surface area contributed by atoms with E-state index in [9.17, 15) is 4.79 Å². The summed E-state index contributed by atoms with van der Waals surface area (Å²) in [7, 11) is 0. The molecule has 3 N–H and O–H groups in total. The van der Waals surface area contributed by atoms with Gasteiger partial charge in [0.2, 0.25) is 5.91 Å². The van der Waals surface area contributed by atoms with Gasteiger partial charge in [0, 0.05) is 17.1 Å². The van der Waals surface area contributed by atoms with Gasteiger partial charge in [-0.25, -0.2) is 0 Å². The average Bonchev–Trinajstić information content (AvgIpc) is 2.32. The number of hydrogen-bond donors (Lipinski definition) is 2. The van der Waals surface area contributed by atoms with Crippen LogP contribution in [0.25, 0.3) is 0 Å². The first-order valence-corrected chi connectivity index (χ1v) is 6.70. The molecule has 1 aromatic carbocycles. The van der Waals surface area contributed by atoms with E-state index in [1.807, 2.05) is 19.1 Å². The maximum Gasteiger partial charge on any atom is 0.224 e. The molecule has 3 nitrogen and oxygen atoms in total. The Bertz CT molecular complexity index is 407. The molecule has 1 atom stereocenters. The summed E-state index contributed by atoms with van der Waals surface area (Å²) in [5, 5.41) is 3.58. The number of nitrogens with two attached hydrogens (primary N) is 1. The third-order valence-electron chi connectivity index (χ3n) is 2.97. The van der Waals surface area contributed by atoms with Crippen LogP contribution in [-0.2, 0) is 4.79 Å². The number of amides is 1. The molecule has 1 amide bonds. The summed E-state index contributed by atoms with van der Waals surface area (Å²) < 4.78 is 0. The fourth-order valence-electron chi connectivity index (χ4n) is 1.94. The van der Waals surface area contributed by atoms with Crippen molar-refractivity contribution in [3.8, 4) is 0 Å². The van der Waals surface area contributed by atoms with E-state index >= 15 is 0 Å². The van der Waals surface area contributed by atoms with Crippen molar-refractivity contribution in [2.75, 3.05) is 11.9 Å². The molecule has 0 radical (unpaired) electrons. The molecule has 1 aromatic rings. The molecule has 1 rings (SSSR count). The number of benzene rings is 1. The van der Waals surface area contributed by atoms with Crippen LogP contribution in [0.15, 0.2) is 18.2 Å². The van der Waals surface area contributed by atoms with Gasteiger partial charge in [-0.05, 0) is 49.6 Å². The normalized spacial score (nSPS) is 12.2. The maximum absolute atomic E-state index is 11.9. The van der Waals surface area contributed by atoms with Crippen LogP contribution in [0.2, 0.25) is 5.02 Å². The van der Waals surface area contributed by atoms with Crippen LogP contribution in [-0.4, -0.2) is 12.5 Å². The molecule has 0 aromatic heterocycles. The molecule has 4 heteroatoms. The Morgan fingerprint density at radius 1 is 1.50 bits per heavy atom. The zero-order valence-corrected chi connectivity index (χ0v) is 11.8. The molecule has 0 spiro atoms. The minimum absolute atomic E-state index is 0.0179. The van der Waals surface area contributed by atoms with E-state index < -0.39 is 0 Å². The minimum Gasteiger partial charge on any atom is -0.330 e.